The third kappa shape index (κ3) is 1.16. The lowest BCUT2D eigenvalue weighted by Crippen LogP contribution is -2.25. The van der Waals surface area contributed by atoms with Crippen LogP contribution in [0.1, 0.15) is 47.0 Å². The molecule has 0 saturated heterocycles. The molecule has 3 aliphatic carbocycles. The summed E-state index contributed by atoms with van der Waals surface area (Å²) < 4.78 is 0. The zero-order valence-corrected chi connectivity index (χ0v) is 11.1. The van der Waals surface area contributed by atoms with E-state index in [1.54, 1.807) is 5.57 Å². The molecule has 0 bridgehead atoms. The number of hydrogen-bond donors (Lipinski definition) is 0. The summed E-state index contributed by atoms with van der Waals surface area (Å²) in [6, 6.07) is 0. The molecule has 0 aromatic heterocycles. The van der Waals surface area contributed by atoms with Crippen molar-refractivity contribution in [3.63, 3.8) is 0 Å². The molecule has 0 amide bonds. The van der Waals surface area contributed by atoms with E-state index in [1.807, 2.05) is 0 Å². The van der Waals surface area contributed by atoms with Gasteiger partial charge in [-0.3, -0.25) is 0 Å². The van der Waals surface area contributed by atoms with Crippen molar-refractivity contribution in [1.82, 2.24) is 0 Å². The number of fused-ring (bicyclic) bond motifs is 2. The van der Waals surface area contributed by atoms with Gasteiger partial charge >= 0.3 is 0 Å². The van der Waals surface area contributed by atoms with Crippen LogP contribution in [-0.2, 0) is 0 Å². The van der Waals surface area contributed by atoms with Crippen LogP contribution in [0.2, 0.25) is 0 Å². The zero-order valence-electron chi connectivity index (χ0n) is 11.1. The first kappa shape index (κ1) is 10.6. The van der Waals surface area contributed by atoms with Crippen molar-refractivity contribution < 1.29 is 0 Å². The van der Waals surface area contributed by atoms with Crippen LogP contribution in [-0.4, -0.2) is 0 Å². The van der Waals surface area contributed by atoms with E-state index < -0.39 is 0 Å². The van der Waals surface area contributed by atoms with Crippen molar-refractivity contribution in [3.05, 3.63) is 23.8 Å². The van der Waals surface area contributed by atoms with Crippen LogP contribution < -0.4 is 0 Å². The Morgan fingerprint density at radius 2 is 2.12 bits per heavy atom. The molecule has 0 heterocycles. The second-order valence-electron chi connectivity index (χ2n) is 6.79. The van der Waals surface area contributed by atoms with E-state index in [1.165, 1.54) is 19.3 Å². The number of hydrogen-bond acceptors (Lipinski definition) is 0. The minimum atomic E-state index is 0.441. The van der Waals surface area contributed by atoms with Gasteiger partial charge in [-0.1, -0.05) is 45.9 Å². The summed E-state index contributed by atoms with van der Waals surface area (Å²) in [6.45, 7) is 9.75. The van der Waals surface area contributed by atoms with Gasteiger partial charge in [0, 0.05) is 0 Å². The first-order valence-electron chi connectivity index (χ1n) is 6.91. The molecule has 0 heteroatoms. The Hall–Kier alpha value is -0.520. The van der Waals surface area contributed by atoms with Crippen LogP contribution >= 0.6 is 0 Å². The standard InChI is InChI=1S/C16H24/c1-5-15(3)9-12-7-6-11(2)14(12)8-13-10-16(13,15)4/h6-7,9,11,13-14H,5,8,10H2,1-4H3. The Morgan fingerprint density at radius 3 is 2.81 bits per heavy atom. The van der Waals surface area contributed by atoms with E-state index in [4.69, 9.17) is 0 Å². The van der Waals surface area contributed by atoms with Crippen LogP contribution in [0.5, 0.6) is 0 Å². The lowest BCUT2D eigenvalue weighted by Gasteiger charge is -2.33. The summed E-state index contributed by atoms with van der Waals surface area (Å²) in [7, 11) is 0. The first-order valence-corrected chi connectivity index (χ1v) is 6.91. The zero-order chi connectivity index (χ0) is 11.6. The Kier molecular flexibility index (Phi) is 2.01. The van der Waals surface area contributed by atoms with Gasteiger partial charge in [0.1, 0.15) is 0 Å². The van der Waals surface area contributed by atoms with Crippen molar-refractivity contribution >= 4 is 0 Å². The second-order valence-corrected chi connectivity index (χ2v) is 6.79. The molecule has 0 aromatic carbocycles. The molecule has 0 radical (unpaired) electrons. The van der Waals surface area contributed by atoms with Crippen LogP contribution in [0.3, 0.4) is 0 Å². The van der Waals surface area contributed by atoms with Gasteiger partial charge in [-0.25, -0.2) is 0 Å². The van der Waals surface area contributed by atoms with Gasteiger partial charge in [-0.05, 0) is 53.4 Å². The lowest BCUT2D eigenvalue weighted by atomic mass is 9.71. The minimum absolute atomic E-state index is 0.441. The van der Waals surface area contributed by atoms with E-state index in [0.717, 1.165) is 17.8 Å². The Bertz CT molecular complexity index is 375. The monoisotopic (exact) mass is 216 g/mol. The highest BCUT2D eigenvalue weighted by molar-refractivity contribution is 5.36. The smallest absolute Gasteiger partial charge is 0.00867 e. The molecule has 16 heavy (non-hydrogen) atoms. The summed E-state index contributed by atoms with van der Waals surface area (Å²) in [6.07, 6.45) is 11.6. The fraction of sp³-hybridized carbons (Fsp3) is 0.750. The van der Waals surface area contributed by atoms with Crippen LogP contribution in [0, 0.1) is 28.6 Å². The summed E-state index contributed by atoms with van der Waals surface area (Å²) in [4.78, 5) is 0. The highest BCUT2D eigenvalue weighted by atomic mass is 14.7. The normalized spacial score (nSPS) is 54.0. The third-order valence-corrected chi connectivity index (χ3v) is 6.13. The highest BCUT2D eigenvalue weighted by Crippen LogP contribution is 2.69. The fourth-order valence-electron chi connectivity index (χ4n) is 4.17. The maximum Gasteiger partial charge on any atom is -0.00867 e. The third-order valence-electron chi connectivity index (χ3n) is 6.13. The van der Waals surface area contributed by atoms with E-state index in [0.29, 0.717) is 10.8 Å². The number of rotatable bonds is 1. The van der Waals surface area contributed by atoms with E-state index in [-0.39, 0.29) is 0 Å². The predicted molar refractivity (Wildman–Crippen MR) is 69.1 cm³/mol. The molecular formula is C16H24. The van der Waals surface area contributed by atoms with Crippen LogP contribution in [0.15, 0.2) is 23.8 Å². The molecule has 5 atom stereocenters. The van der Waals surface area contributed by atoms with Crippen molar-refractivity contribution in [2.75, 3.05) is 0 Å². The largest absolute Gasteiger partial charge is 0.0808 e. The van der Waals surface area contributed by atoms with Crippen molar-refractivity contribution in [2.45, 2.75) is 47.0 Å². The molecule has 0 spiro atoms. The van der Waals surface area contributed by atoms with Gasteiger partial charge in [0.15, 0.2) is 0 Å². The lowest BCUT2D eigenvalue weighted by molar-refractivity contribution is 0.218. The summed E-state index contributed by atoms with van der Waals surface area (Å²) >= 11 is 0. The van der Waals surface area contributed by atoms with Gasteiger partial charge in [0.05, 0.1) is 0 Å². The first-order chi connectivity index (χ1) is 7.50. The summed E-state index contributed by atoms with van der Waals surface area (Å²) in [5.41, 5.74) is 2.69. The van der Waals surface area contributed by atoms with Gasteiger partial charge in [-0.15, -0.1) is 0 Å². The predicted octanol–water partition coefficient (Wildman–Crippen LogP) is 4.58. The molecule has 3 rings (SSSR count). The minimum Gasteiger partial charge on any atom is -0.0808 e. The Labute approximate surface area is 99.8 Å². The molecule has 3 aliphatic rings. The van der Waals surface area contributed by atoms with E-state index >= 15 is 0 Å². The quantitative estimate of drug-likeness (QED) is 0.602. The topological polar surface area (TPSA) is 0 Å². The molecule has 1 fully saturated rings. The average Bonchev–Trinajstić information content (AvgIpc) is 2.83. The molecule has 5 unspecified atom stereocenters. The fourth-order valence-corrected chi connectivity index (χ4v) is 4.17. The molecule has 88 valence electrons. The van der Waals surface area contributed by atoms with E-state index in [2.05, 4.69) is 45.9 Å². The highest BCUT2D eigenvalue weighted by Gasteiger charge is 2.61. The Morgan fingerprint density at radius 1 is 1.38 bits per heavy atom. The van der Waals surface area contributed by atoms with Crippen molar-refractivity contribution in [2.24, 2.45) is 28.6 Å². The molecular weight excluding hydrogens is 192 g/mol. The van der Waals surface area contributed by atoms with Crippen LogP contribution in [0.4, 0.5) is 0 Å². The number of allylic oxidation sites excluding steroid dienone is 4. The molecule has 1 saturated carbocycles. The summed E-state index contributed by atoms with van der Waals surface area (Å²) in [5, 5.41) is 0. The molecule has 0 aliphatic heterocycles. The van der Waals surface area contributed by atoms with Gasteiger partial charge in [0.25, 0.3) is 0 Å². The van der Waals surface area contributed by atoms with Gasteiger partial charge < -0.3 is 0 Å². The second kappa shape index (κ2) is 3.03. The molecule has 0 aromatic rings. The van der Waals surface area contributed by atoms with Gasteiger partial charge in [0.2, 0.25) is 0 Å². The SMILES string of the molecule is CCC1(C)C=C2C=CC(C)C2CC2CC21C. The van der Waals surface area contributed by atoms with Crippen molar-refractivity contribution in [3.8, 4) is 0 Å². The van der Waals surface area contributed by atoms with E-state index in [9.17, 15) is 0 Å². The van der Waals surface area contributed by atoms with Gasteiger partial charge in [-0.2, -0.15) is 0 Å². The summed E-state index contributed by atoms with van der Waals surface area (Å²) in [5.74, 6) is 2.59. The Balaban J connectivity index is 2.04. The maximum absolute atomic E-state index is 2.63. The van der Waals surface area contributed by atoms with Crippen molar-refractivity contribution in [1.29, 1.82) is 0 Å². The van der Waals surface area contributed by atoms with Crippen LogP contribution in [0.25, 0.3) is 0 Å². The maximum atomic E-state index is 2.63. The molecule has 0 nitrogen and oxygen atoms in total. The average molecular weight is 216 g/mol. The molecule has 0 N–H and O–H groups in total.